The molecule has 2 amide bonds. The van der Waals surface area contributed by atoms with Crippen LogP contribution >= 0.6 is 0 Å². The van der Waals surface area contributed by atoms with E-state index in [1.165, 1.54) is 0 Å². The van der Waals surface area contributed by atoms with Gasteiger partial charge in [0.25, 0.3) is 6.43 Å². The molecule has 8 heteroatoms. The number of carbonyl (C=O) groups is 2. The number of nitrogens with zero attached hydrogens (tertiary/aromatic N) is 1. The van der Waals surface area contributed by atoms with Crippen LogP contribution in [0.2, 0.25) is 0 Å². The van der Waals surface area contributed by atoms with Crippen molar-refractivity contribution >= 4 is 12.0 Å². The Balaban J connectivity index is 2.09. The second kappa shape index (κ2) is 9.76. The molecule has 24 heavy (non-hydrogen) atoms. The minimum atomic E-state index is -2.29. The number of amides is 2. The highest BCUT2D eigenvalue weighted by Gasteiger charge is 2.21. The molecule has 140 valence electrons. The first-order valence-corrected chi connectivity index (χ1v) is 8.40. The summed E-state index contributed by atoms with van der Waals surface area (Å²) in [6, 6.07) is 0. The maximum absolute atomic E-state index is 12.3. The maximum atomic E-state index is 12.3. The number of hydrogen-bond donors (Lipinski definition) is 2. The predicted octanol–water partition coefficient (Wildman–Crippen LogP) is 1.99. The van der Waals surface area contributed by atoms with Crippen molar-refractivity contribution in [3.05, 3.63) is 0 Å². The highest BCUT2D eigenvalue weighted by molar-refractivity contribution is 5.77. The Kier molecular flexibility index (Phi) is 8.38. The molecule has 1 aliphatic heterocycles. The second-order valence-corrected chi connectivity index (χ2v) is 7.12. The Morgan fingerprint density at radius 3 is 2.38 bits per heavy atom. The highest BCUT2D eigenvalue weighted by atomic mass is 19.3. The molecule has 0 atom stereocenters. The summed E-state index contributed by atoms with van der Waals surface area (Å²) >= 11 is 0. The van der Waals surface area contributed by atoms with Crippen LogP contribution in [0.5, 0.6) is 0 Å². The molecular formula is C16H29F2N3O3. The first kappa shape index (κ1) is 20.6. The highest BCUT2D eigenvalue weighted by Crippen LogP contribution is 2.17. The van der Waals surface area contributed by atoms with Crippen molar-refractivity contribution in [3.8, 4) is 0 Å². The number of piperidine rings is 1. The van der Waals surface area contributed by atoms with Gasteiger partial charge in [-0.1, -0.05) is 0 Å². The van der Waals surface area contributed by atoms with E-state index in [4.69, 9.17) is 4.74 Å². The first-order chi connectivity index (χ1) is 11.2. The van der Waals surface area contributed by atoms with Crippen LogP contribution in [-0.4, -0.2) is 61.7 Å². The number of nitrogens with one attached hydrogen (secondary N) is 2. The molecule has 0 saturated carbocycles. The molecule has 1 fully saturated rings. The minimum Gasteiger partial charge on any atom is -0.444 e. The SMILES string of the molecule is CC(C)(C)OC(=O)NCCC(=O)NCC1CCN(CC(F)F)CC1. The fourth-order valence-electron chi connectivity index (χ4n) is 2.51. The molecule has 1 saturated heterocycles. The molecule has 2 N–H and O–H groups in total. The monoisotopic (exact) mass is 349 g/mol. The summed E-state index contributed by atoms with van der Waals surface area (Å²) < 4.78 is 29.7. The number of alkyl halides is 2. The number of alkyl carbamates (subject to hydrolysis) is 1. The average molecular weight is 349 g/mol. The van der Waals surface area contributed by atoms with E-state index < -0.39 is 18.1 Å². The molecular weight excluding hydrogens is 320 g/mol. The molecule has 0 aliphatic carbocycles. The van der Waals surface area contributed by atoms with Gasteiger partial charge in [0.2, 0.25) is 5.91 Å². The predicted molar refractivity (Wildman–Crippen MR) is 87.0 cm³/mol. The van der Waals surface area contributed by atoms with Gasteiger partial charge < -0.3 is 15.4 Å². The normalized spacial score (nSPS) is 16.9. The molecule has 0 spiro atoms. The number of halogens is 2. The van der Waals surface area contributed by atoms with Gasteiger partial charge in [-0.25, -0.2) is 13.6 Å². The van der Waals surface area contributed by atoms with Crippen molar-refractivity contribution in [3.63, 3.8) is 0 Å². The van der Waals surface area contributed by atoms with Crippen molar-refractivity contribution in [1.29, 1.82) is 0 Å². The number of rotatable bonds is 7. The molecule has 1 aliphatic rings. The van der Waals surface area contributed by atoms with Crippen molar-refractivity contribution in [2.75, 3.05) is 32.7 Å². The van der Waals surface area contributed by atoms with Crippen LogP contribution in [0, 0.1) is 5.92 Å². The van der Waals surface area contributed by atoms with E-state index in [-0.39, 0.29) is 25.4 Å². The van der Waals surface area contributed by atoms with Gasteiger partial charge in [0.1, 0.15) is 5.60 Å². The average Bonchev–Trinajstić information content (AvgIpc) is 2.44. The summed E-state index contributed by atoms with van der Waals surface area (Å²) in [5.41, 5.74) is -0.564. The molecule has 1 heterocycles. The van der Waals surface area contributed by atoms with Gasteiger partial charge in [-0.15, -0.1) is 0 Å². The molecule has 0 aromatic rings. The van der Waals surface area contributed by atoms with Gasteiger partial charge in [0.05, 0.1) is 6.54 Å². The second-order valence-electron chi connectivity index (χ2n) is 7.12. The summed E-state index contributed by atoms with van der Waals surface area (Å²) in [7, 11) is 0. The zero-order valence-electron chi connectivity index (χ0n) is 14.7. The Morgan fingerprint density at radius 1 is 1.21 bits per heavy atom. The van der Waals surface area contributed by atoms with Crippen molar-refractivity contribution in [2.24, 2.45) is 5.92 Å². The lowest BCUT2D eigenvalue weighted by Crippen LogP contribution is -2.41. The van der Waals surface area contributed by atoms with E-state index >= 15 is 0 Å². The number of ether oxygens (including phenoxy) is 1. The van der Waals surface area contributed by atoms with Crippen LogP contribution in [0.25, 0.3) is 0 Å². The fourth-order valence-corrected chi connectivity index (χ4v) is 2.51. The Morgan fingerprint density at radius 2 is 1.83 bits per heavy atom. The minimum absolute atomic E-state index is 0.138. The molecule has 6 nitrogen and oxygen atoms in total. The third-order valence-corrected chi connectivity index (χ3v) is 3.71. The number of carbonyl (C=O) groups excluding carboxylic acids is 2. The van der Waals surface area contributed by atoms with Crippen LogP contribution in [0.4, 0.5) is 13.6 Å². The Hall–Kier alpha value is -1.44. The lowest BCUT2D eigenvalue weighted by molar-refractivity contribution is -0.121. The maximum Gasteiger partial charge on any atom is 0.407 e. The molecule has 0 bridgehead atoms. The van der Waals surface area contributed by atoms with E-state index in [9.17, 15) is 18.4 Å². The van der Waals surface area contributed by atoms with Crippen LogP contribution in [-0.2, 0) is 9.53 Å². The topological polar surface area (TPSA) is 70.7 Å². The zero-order valence-corrected chi connectivity index (χ0v) is 14.7. The quantitative estimate of drug-likeness (QED) is 0.737. The molecule has 0 aromatic heterocycles. The van der Waals surface area contributed by atoms with Gasteiger partial charge in [0.15, 0.2) is 0 Å². The fraction of sp³-hybridized carbons (Fsp3) is 0.875. The Bertz CT molecular complexity index is 406. The molecule has 0 aromatic carbocycles. The standard InChI is InChI=1S/C16H29F2N3O3/c1-16(2,3)24-15(23)19-7-4-14(22)20-10-12-5-8-21(9-6-12)11-13(17)18/h12-13H,4-11H2,1-3H3,(H,19,23)(H,20,22). The van der Waals surface area contributed by atoms with Crippen molar-refractivity contribution < 1.29 is 23.1 Å². The lowest BCUT2D eigenvalue weighted by Gasteiger charge is -2.31. The van der Waals surface area contributed by atoms with Crippen LogP contribution in [0.3, 0.4) is 0 Å². The van der Waals surface area contributed by atoms with Gasteiger partial charge >= 0.3 is 6.09 Å². The first-order valence-electron chi connectivity index (χ1n) is 8.40. The van der Waals surface area contributed by atoms with Crippen LogP contribution in [0.15, 0.2) is 0 Å². The zero-order chi connectivity index (χ0) is 18.2. The smallest absolute Gasteiger partial charge is 0.407 e. The largest absolute Gasteiger partial charge is 0.444 e. The van der Waals surface area contributed by atoms with Gasteiger partial charge in [0, 0.05) is 19.5 Å². The molecule has 0 radical (unpaired) electrons. The number of likely N-dealkylation sites (tertiary alicyclic amines) is 1. The third-order valence-electron chi connectivity index (χ3n) is 3.71. The summed E-state index contributed by atoms with van der Waals surface area (Å²) in [5.74, 6) is 0.183. The lowest BCUT2D eigenvalue weighted by atomic mass is 9.97. The van der Waals surface area contributed by atoms with Crippen LogP contribution in [0.1, 0.15) is 40.0 Å². The van der Waals surface area contributed by atoms with Gasteiger partial charge in [-0.2, -0.15) is 0 Å². The summed E-state index contributed by atoms with van der Waals surface area (Å²) in [5, 5.41) is 5.36. The third kappa shape index (κ3) is 9.64. The van der Waals surface area contributed by atoms with E-state index in [0.717, 1.165) is 12.8 Å². The van der Waals surface area contributed by atoms with Crippen LogP contribution < -0.4 is 10.6 Å². The van der Waals surface area contributed by atoms with Crippen molar-refractivity contribution in [2.45, 2.75) is 52.1 Å². The summed E-state index contributed by atoms with van der Waals surface area (Å²) in [4.78, 5) is 24.9. The van der Waals surface area contributed by atoms with Gasteiger partial charge in [-0.05, 0) is 52.6 Å². The molecule has 1 rings (SSSR count). The Labute approximate surface area is 142 Å². The van der Waals surface area contributed by atoms with E-state index in [1.54, 1.807) is 25.7 Å². The summed E-state index contributed by atoms with van der Waals surface area (Å²) in [6.45, 7) is 7.19. The van der Waals surface area contributed by atoms with E-state index in [1.807, 2.05) is 0 Å². The summed E-state index contributed by atoms with van der Waals surface area (Å²) in [6.07, 6.45) is -1.03. The molecule has 0 unspecified atom stereocenters. The van der Waals surface area contributed by atoms with E-state index in [0.29, 0.717) is 25.6 Å². The van der Waals surface area contributed by atoms with Crippen molar-refractivity contribution in [1.82, 2.24) is 15.5 Å². The van der Waals surface area contributed by atoms with Gasteiger partial charge in [-0.3, -0.25) is 9.69 Å². The number of hydrogen-bond acceptors (Lipinski definition) is 4. The van der Waals surface area contributed by atoms with E-state index in [2.05, 4.69) is 10.6 Å².